The molecule has 1 aromatic carbocycles. The molecule has 2 aromatic heterocycles. The van der Waals surface area contributed by atoms with Crippen molar-refractivity contribution in [2.45, 2.75) is 19.8 Å². The fourth-order valence-corrected chi connectivity index (χ4v) is 2.60. The Bertz CT molecular complexity index is 730. The molecule has 1 N–H and O–H groups in total. The predicted molar refractivity (Wildman–Crippen MR) is 81.0 cm³/mol. The molecule has 0 fully saturated rings. The molecular weight excluding hydrogens is 288 g/mol. The molecule has 3 rings (SSSR count). The van der Waals surface area contributed by atoms with E-state index < -0.39 is 0 Å². The summed E-state index contributed by atoms with van der Waals surface area (Å²) in [6, 6.07) is 12.5. The third-order valence-electron chi connectivity index (χ3n) is 3.39. The van der Waals surface area contributed by atoms with Crippen molar-refractivity contribution in [1.29, 1.82) is 0 Å². The monoisotopic (exact) mass is 302 g/mol. The van der Waals surface area contributed by atoms with Crippen LogP contribution in [0.3, 0.4) is 0 Å². The minimum atomic E-state index is -0.328. The summed E-state index contributed by atoms with van der Waals surface area (Å²) in [5, 5.41) is 10.8. The number of phenols is 1. The van der Waals surface area contributed by atoms with Gasteiger partial charge in [-0.05, 0) is 56.3 Å². The van der Waals surface area contributed by atoms with Gasteiger partial charge in [-0.25, -0.2) is 0 Å². The first kappa shape index (κ1) is 13.8. The Hall–Kier alpha value is -2.13. The van der Waals surface area contributed by atoms with Gasteiger partial charge in [0.1, 0.15) is 34.7 Å². The van der Waals surface area contributed by atoms with Crippen molar-refractivity contribution in [3.63, 3.8) is 0 Å². The zero-order chi connectivity index (χ0) is 15.0. The predicted octanol–water partition coefficient (Wildman–Crippen LogP) is 5.03. The second-order valence-corrected chi connectivity index (χ2v) is 5.47. The number of aryl methyl sites for hydroxylation is 2. The van der Waals surface area contributed by atoms with Crippen LogP contribution in [0.1, 0.15) is 34.5 Å². The molecule has 0 atom stereocenters. The Morgan fingerprint density at radius 2 is 1.48 bits per heavy atom. The Labute approximate surface area is 127 Å². The average molecular weight is 303 g/mol. The van der Waals surface area contributed by atoms with E-state index in [2.05, 4.69) is 0 Å². The van der Waals surface area contributed by atoms with Crippen LogP contribution in [0.2, 0.25) is 5.02 Å². The molecule has 0 radical (unpaired) electrons. The van der Waals surface area contributed by atoms with Crippen molar-refractivity contribution in [3.05, 3.63) is 76.1 Å². The van der Waals surface area contributed by atoms with E-state index in [1.165, 1.54) is 0 Å². The smallest absolute Gasteiger partial charge is 0.120 e. The Balaban J connectivity index is 2.18. The molecule has 0 spiro atoms. The minimum absolute atomic E-state index is 0.160. The zero-order valence-corrected chi connectivity index (χ0v) is 12.5. The summed E-state index contributed by atoms with van der Waals surface area (Å²) >= 11 is 6.07. The van der Waals surface area contributed by atoms with Gasteiger partial charge in [0.05, 0.1) is 0 Å². The summed E-state index contributed by atoms with van der Waals surface area (Å²) in [4.78, 5) is 0. The van der Waals surface area contributed by atoms with Crippen LogP contribution < -0.4 is 0 Å². The molecule has 108 valence electrons. The molecule has 0 amide bonds. The maximum Gasteiger partial charge on any atom is 0.120 e. The number of rotatable bonds is 3. The molecule has 0 aliphatic heterocycles. The Kier molecular flexibility index (Phi) is 3.52. The summed E-state index contributed by atoms with van der Waals surface area (Å²) in [5.74, 6) is 2.86. The summed E-state index contributed by atoms with van der Waals surface area (Å²) in [6.45, 7) is 3.76. The van der Waals surface area contributed by atoms with Crippen molar-refractivity contribution in [1.82, 2.24) is 0 Å². The van der Waals surface area contributed by atoms with E-state index in [1.807, 2.05) is 38.1 Å². The van der Waals surface area contributed by atoms with Crippen LogP contribution in [-0.4, -0.2) is 5.11 Å². The highest BCUT2D eigenvalue weighted by molar-refractivity contribution is 6.30. The summed E-state index contributed by atoms with van der Waals surface area (Å²) in [5.41, 5.74) is 0.659. The largest absolute Gasteiger partial charge is 0.508 e. The third-order valence-corrected chi connectivity index (χ3v) is 3.63. The lowest BCUT2D eigenvalue weighted by molar-refractivity contribution is 0.415. The zero-order valence-electron chi connectivity index (χ0n) is 11.8. The van der Waals surface area contributed by atoms with Gasteiger partial charge in [-0.1, -0.05) is 11.6 Å². The van der Waals surface area contributed by atoms with E-state index >= 15 is 0 Å². The Morgan fingerprint density at radius 1 is 0.905 bits per heavy atom. The first-order chi connectivity index (χ1) is 10.0. The third kappa shape index (κ3) is 2.69. The maximum atomic E-state index is 10.2. The fraction of sp³-hybridized carbons (Fsp3) is 0.176. The topological polar surface area (TPSA) is 46.5 Å². The van der Waals surface area contributed by atoms with Crippen LogP contribution in [0.4, 0.5) is 0 Å². The van der Waals surface area contributed by atoms with Gasteiger partial charge >= 0.3 is 0 Å². The van der Waals surface area contributed by atoms with Crippen molar-refractivity contribution >= 4 is 11.6 Å². The molecule has 4 heteroatoms. The first-order valence-electron chi connectivity index (χ1n) is 6.65. The van der Waals surface area contributed by atoms with Gasteiger partial charge in [-0.3, -0.25) is 0 Å². The van der Waals surface area contributed by atoms with Crippen LogP contribution >= 0.6 is 11.6 Å². The van der Waals surface area contributed by atoms with Crippen LogP contribution in [0, 0.1) is 13.8 Å². The summed E-state index contributed by atoms with van der Waals surface area (Å²) in [6.07, 6.45) is 0. The lowest BCUT2D eigenvalue weighted by atomic mass is 9.93. The van der Waals surface area contributed by atoms with E-state index in [0.717, 1.165) is 11.5 Å². The number of aromatic hydroxyl groups is 1. The van der Waals surface area contributed by atoms with Crippen molar-refractivity contribution < 1.29 is 13.9 Å². The van der Waals surface area contributed by atoms with Crippen molar-refractivity contribution in [2.75, 3.05) is 0 Å². The van der Waals surface area contributed by atoms with Crippen molar-refractivity contribution in [2.24, 2.45) is 0 Å². The molecule has 3 nitrogen and oxygen atoms in total. The molecular formula is C17H15ClO3. The second kappa shape index (κ2) is 5.34. The lowest BCUT2D eigenvalue weighted by Crippen LogP contribution is -2.01. The number of hydrogen-bond donors (Lipinski definition) is 1. The highest BCUT2D eigenvalue weighted by Gasteiger charge is 2.26. The normalized spacial score (nSPS) is 11.2. The standard InChI is InChI=1S/C17H15ClO3/c1-10-3-7-15(20-10)17(16-8-4-11(2)21-16)13-9-12(18)5-6-14(13)19/h3-9,17,19H,1-2H3. The SMILES string of the molecule is Cc1ccc(C(c2ccc(C)o2)c2cc(Cl)ccc2O)o1. The molecule has 0 unspecified atom stereocenters. The van der Waals surface area contributed by atoms with E-state index in [9.17, 15) is 5.11 Å². The second-order valence-electron chi connectivity index (χ2n) is 5.03. The Morgan fingerprint density at radius 3 is 1.95 bits per heavy atom. The van der Waals surface area contributed by atoms with Crippen LogP contribution in [0.25, 0.3) is 0 Å². The van der Waals surface area contributed by atoms with Gasteiger partial charge in [0, 0.05) is 10.6 Å². The van der Waals surface area contributed by atoms with Gasteiger partial charge in [-0.15, -0.1) is 0 Å². The minimum Gasteiger partial charge on any atom is -0.508 e. The molecule has 0 bridgehead atoms. The molecule has 21 heavy (non-hydrogen) atoms. The number of furan rings is 2. The lowest BCUT2D eigenvalue weighted by Gasteiger charge is -2.15. The fourth-order valence-electron chi connectivity index (χ4n) is 2.42. The van der Waals surface area contributed by atoms with Gasteiger partial charge < -0.3 is 13.9 Å². The quantitative estimate of drug-likeness (QED) is 0.738. The molecule has 3 aromatic rings. The van der Waals surface area contributed by atoms with Gasteiger partial charge in [-0.2, -0.15) is 0 Å². The number of phenolic OH excluding ortho intramolecular Hbond substituents is 1. The molecule has 0 aliphatic rings. The number of halogens is 1. The molecule has 0 saturated carbocycles. The van der Waals surface area contributed by atoms with Crippen LogP contribution in [0.5, 0.6) is 5.75 Å². The van der Waals surface area contributed by atoms with E-state index in [0.29, 0.717) is 22.1 Å². The summed E-state index contributed by atoms with van der Waals surface area (Å²) < 4.78 is 11.5. The highest BCUT2D eigenvalue weighted by atomic mass is 35.5. The first-order valence-corrected chi connectivity index (χ1v) is 7.03. The van der Waals surface area contributed by atoms with Gasteiger partial charge in [0.15, 0.2) is 0 Å². The summed E-state index contributed by atoms with van der Waals surface area (Å²) in [7, 11) is 0. The van der Waals surface area contributed by atoms with Crippen molar-refractivity contribution in [3.8, 4) is 5.75 Å². The van der Waals surface area contributed by atoms with Gasteiger partial charge in [0.2, 0.25) is 0 Å². The van der Waals surface area contributed by atoms with Crippen LogP contribution in [0.15, 0.2) is 51.3 Å². The maximum absolute atomic E-state index is 10.2. The number of benzene rings is 1. The average Bonchev–Trinajstić information content (AvgIpc) is 3.04. The molecule has 0 saturated heterocycles. The molecule has 2 heterocycles. The molecule has 0 aliphatic carbocycles. The van der Waals surface area contributed by atoms with Gasteiger partial charge in [0.25, 0.3) is 0 Å². The van der Waals surface area contributed by atoms with E-state index in [4.69, 9.17) is 20.4 Å². The van der Waals surface area contributed by atoms with Crippen LogP contribution in [-0.2, 0) is 0 Å². The highest BCUT2D eigenvalue weighted by Crippen LogP contribution is 2.39. The number of hydrogen-bond acceptors (Lipinski definition) is 3. The van der Waals surface area contributed by atoms with E-state index in [1.54, 1.807) is 18.2 Å². The van der Waals surface area contributed by atoms with E-state index in [-0.39, 0.29) is 11.7 Å².